The molecule has 16 heavy (non-hydrogen) atoms. The average Bonchev–Trinajstić information content (AvgIpc) is 2.71. The second kappa shape index (κ2) is 5.84. The van der Waals surface area contributed by atoms with Crippen molar-refractivity contribution in [2.24, 2.45) is 5.92 Å². The molecule has 1 aliphatic rings. The van der Waals surface area contributed by atoms with Crippen LogP contribution in [0.4, 0.5) is 0 Å². The van der Waals surface area contributed by atoms with Crippen LogP contribution in [-0.2, 0) is 23.8 Å². The number of hydrogen-bond donors (Lipinski definition) is 0. The van der Waals surface area contributed by atoms with E-state index in [1.54, 1.807) is 0 Å². The first kappa shape index (κ1) is 13.0. The fourth-order valence-corrected chi connectivity index (χ4v) is 1.91. The van der Waals surface area contributed by atoms with Gasteiger partial charge in [-0.3, -0.25) is 9.59 Å². The Kier molecular flexibility index (Phi) is 4.73. The molecule has 1 saturated heterocycles. The second-order valence-electron chi connectivity index (χ2n) is 3.97. The Labute approximate surface area is 95.0 Å². The summed E-state index contributed by atoms with van der Waals surface area (Å²) in [5.74, 6) is -1.38. The number of carbonyl (C=O) groups excluding carboxylic acids is 2. The lowest BCUT2D eigenvalue weighted by Crippen LogP contribution is -2.32. The van der Waals surface area contributed by atoms with Gasteiger partial charge in [0.2, 0.25) is 0 Å². The van der Waals surface area contributed by atoms with Crippen LogP contribution in [0.15, 0.2) is 0 Å². The molecule has 0 saturated carbocycles. The van der Waals surface area contributed by atoms with Crippen LogP contribution in [0.1, 0.15) is 26.2 Å². The first-order valence-electron chi connectivity index (χ1n) is 5.38. The maximum Gasteiger partial charge on any atom is 0.311 e. The highest BCUT2D eigenvalue weighted by atomic mass is 16.5. The normalized spacial score (nSPS) is 26.2. The molecular weight excluding hydrogens is 212 g/mol. The smallest absolute Gasteiger partial charge is 0.311 e. The highest BCUT2D eigenvalue weighted by molar-refractivity contribution is 5.80. The number of ether oxygens (including phenoxy) is 3. The summed E-state index contributed by atoms with van der Waals surface area (Å²) in [6, 6.07) is 0. The molecular formula is C11H18O5. The van der Waals surface area contributed by atoms with Crippen molar-refractivity contribution >= 4 is 11.9 Å². The SMILES string of the molecule is COC(=O)CC(C(=O)OC)C1CCC(C)O1. The van der Waals surface area contributed by atoms with Gasteiger partial charge in [-0.05, 0) is 19.8 Å². The Morgan fingerprint density at radius 3 is 2.44 bits per heavy atom. The van der Waals surface area contributed by atoms with Crippen LogP contribution in [0.25, 0.3) is 0 Å². The summed E-state index contributed by atoms with van der Waals surface area (Å²) in [5, 5.41) is 0. The minimum absolute atomic E-state index is 0.0144. The van der Waals surface area contributed by atoms with Gasteiger partial charge in [0.25, 0.3) is 0 Å². The standard InChI is InChI=1S/C11H18O5/c1-7-4-5-9(16-7)8(11(13)15-3)6-10(12)14-2/h7-9H,4-6H2,1-3H3. The Morgan fingerprint density at radius 2 is 2.00 bits per heavy atom. The summed E-state index contributed by atoms with van der Waals surface area (Å²) in [6.45, 7) is 1.95. The second-order valence-corrected chi connectivity index (χ2v) is 3.97. The summed E-state index contributed by atoms with van der Waals surface area (Å²) in [5.41, 5.74) is 0. The van der Waals surface area contributed by atoms with E-state index in [0.717, 1.165) is 12.8 Å². The number of esters is 2. The maximum atomic E-state index is 11.5. The third-order valence-corrected chi connectivity index (χ3v) is 2.83. The molecule has 0 bridgehead atoms. The molecule has 1 aliphatic heterocycles. The molecule has 5 nitrogen and oxygen atoms in total. The molecule has 3 unspecified atom stereocenters. The molecule has 0 spiro atoms. The lowest BCUT2D eigenvalue weighted by Gasteiger charge is -2.20. The zero-order chi connectivity index (χ0) is 12.1. The van der Waals surface area contributed by atoms with Crippen LogP contribution in [0.5, 0.6) is 0 Å². The minimum Gasteiger partial charge on any atom is -0.469 e. The van der Waals surface area contributed by atoms with Crippen molar-refractivity contribution in [2.45, 2.75) is 38.4 Å². The molecule has 0 aromatic carbocycles. The third-order valence-electron chi connectivity index (χ3n) is 2.83. The monoisotopic (exact) mass is 230 g/mol. The summed E-state index contributed by atoms with van der Waals surface area (Å²) >= 11 is 0. The lowest BCUT2D eigenvalue weighted by atomic mass is 9.96. The molecule has 0 N–H and O–H groups in total. The van der Waals surface area contributed by atoms with Gasteiger partial charge in [0.1, 0.15) is 0 Å². The van der Waals surface area contributed by atoms with Gasteiger partial charge in [0, 0.05) is 0 Å². The van der Waals surface area contributed by atoms with E-state index in [9.17, 15) is 9.59 Å². The van der Waals surface area contributed by atoms with Crippen molar-refractivity contribution in [1.82, 2.24) is 0 Å². The fourth-order valence-electron chi connectivity index (χ4n) is 1.91. The van der Waals surface area contributed by atoms with Gasteiger partial charge >= 0.3 is 11.9 Å². The minimum atomic E-state index is -0.553. The van der Waals surface area contributed by atoms with Crippen LogP contribution in [0, 0.1) is 5.92 Å². The number of rotatable bonds is 4. The highest BCUT2D eigenvalue weighted by Gasteiger charge is 2.36. The Hall–Kier alpha value is -1.10. The van der Waals surface area contributed by atoms with Crippen LogP contribution in [0.3, 0.4) is 0 Å². The van der Waals surface area contributed by atoms with Crippen LogP contribution < -0.4 is 0 Å². The Bertz CT molecular complexity index is 263. The fraction of sp³-hybridized carbons (Fsp3) is 0.818. The lowest BCUT2D eigenvalue weighted by molar-refractivity contribution is -0.157. The first-order valence-corrected chi connectivity index (χ1v) is 5.38. The van der Waals surface area contributed by atoms with E-state index in [1.165, 1.54) is 14.2 Å². The van der Waals surface area contributed by atoms with Crippen molar-refractivity contribution in [3.05, 3.63) is 0 Å². The van der Waals surface area contributed by atoms with Crippen LogP contribution >= 0.6 is 0 Å². The van der Waals surface area contributed by atoms with E-state index >= 15 is 0 Å². The van der Waals surface area contributed by atoms with Crippen molar-refractivity contribution in [2.75, 3.05) is 14.2 Å². The number of methoxy groups -OCH3 is 2. The van der Waals surface area contributed by atoms with E-state index in [2.05, 4.69) is 9.47 Å². The molecule has 1 fully saturated rings. The molecule has 5 heteroatoms. The molecule has 1 heterocycles. The first-order chi connectivity index (χ1) is 7.58. The molecule has 0 aromatic rings. The zero-order valence-electron chi connectivity index (χ0n) is 9.89. The zero-order valence-corrected chi connectivity index (χ0v) is 9.89. The topological polar surface area (TPSA) is 61.8 Å². The Balaban J connectivity index is 2.63. The van der Waals surface area contributed by atoms with Gasteiger partial charge in [-0.25, -0.2) is 0 Å². The molecule has 0 radical (unpaired) electrons. The quantitative estimate of drug-likeness (QED) is 0.672. The predicted octanol–water partition coefficient (Wildman–Crippen LogP) is 0.906. The molecule has 0 aromatic heterocycles. The van der Waals surface area contributed by atoms with Crippen molar-refractivity contribution in [1.29, 1.82) is 0 Å². The molecule has 0 amide bonds. The number of carbonyl (C=O) groups is 2. The van der Waals surface area contributed by atoms with E-state index < -0.39 is 17.9 Å². The Morgan fingerprint density at radius 1 is 1.31 bits per heavy atom. The van der Waals surface area contributed by atoms with Crippen LogP contribution in [0.2, 0.25) is 0 Å². The van der Waals surface area contributed by atoms with E-state index in [4.69, 9.17) is 4.74 Å². The molecule has 1 rings (SSSR count). The van der Waals surface area contributed by atoms with Gasteiger partial charge in [-0.1, -0.05) is 0 Å². The highest BCUT2D eigenvalue weighted by Crippen LogP contribution is 2.28. The molecule has 92 valence electrons. The molecule has 0 aliphatic carbocycles. The van der Waals surface area contributed by atoms with Gasteiger partial charge < -0.3 is 14.2 Å². The summed E-state index contributed by atoms with van der Waals surface area (Å²) in [7, 11) is 2.61. The van der Waals surface area contributed by atoms with E-state index in [1.807, 2.05) is 6.92 Å². The van der Waals surface area contributed by atoms with Gasteiger partial charge in [0.15, 0.2) is 0 Å². The van der Waals surface area contributed by atoms with Crippen molar-refractivity contribution < 1.29 is 23.8 Å². The summed E-state index contributed by atoms with van der Waals surface area (Å²) in [4.78, 5) is 22.7. The van der Waals surface area contributed by atoms with Gasteiger partial charge in [-0.2, -0.15) is 0 Å². The van der Waals surface area contributed by atoms with Gasteiger partial charge in [-0.15, -0.1) is 0 Å². The van der Waals surface area contributed by atoms with Crippen LogP contribution in [-0.4, -0.2) is 38.4 Å². The molecule has 3 atom stereocenters. The average molecular weight is 230 g/mol. The van der Waals surface area contributed by atoms with E-state index in [-0.39, 0.29) is 18.6 Å². The maximum absolute atomic E-state index is 11.5. The van der Waals surface area contributed by atoms with E-state index in [0.29, 0.717) is 0 Å². The van der Waals surface area contributed by atoms with Gasteiger partial charge in [0.05, 0.1) is 38.8 Å². The summed E-state index contributed by atoms with van der Waals surface area (Å²) in [6.07, 6.45) is 1.59. The largest absolute Gasteiger partial charge is 0.469 e. The number of hydrogen-bond acceptors (Lipinski definition) is 5. The predicted molar refractivity (Wildman–Crippen MR) is 55.7 cm³/mol. The third kappa shape index (κ3) is 3.20. The summed E-state index contributed by atoms with van der Waals surface area (Å²) < 4.78 is 14.8. The van der Waals surface area contributed by atoms with Crippen molar-refractivity contribution in [3.63, 3.8) is 0 Å². The van der Waals surface area contributed by atoms with Crippen molar-refractivity contribution in [3.8, 4) is 0 Å².